The molecule has 4 aliphatic rings. The van der Waals surface area contributed by atoms with E-state index in [2.05, 4.69) is 49.0 Å². The van der Waals surface area contributed by atoms with Gasteiger partial charge in [-0.25, -0.2) is 8.96 Å². The summed E-state index contributed by atoms with van der Waals surface area (Å²) in [5.41, 5.74) is 6.85. The van der Waals surface area contributed by atoms with E-state index in [-0.39, 0.29) is 5.82 Å². The second-order valence-corrected chi connectivity index (χ2v) is 11.1. The van der Waals surface area contributed by atoms with Crippen molar-refractivity contribution in [1.29, 1.82) is 0 Å². The maximum atomic E-state index is 14.5. The quantitative estimate of drug-likeness (QED) is 0.403. The van der Waals surface area contributed by atoms with Crippen LogP contribution in [0.2, 0.25) is 0 Å². The highest BCUT2D eigenvalue weighted by Crippen LogP contribution is 2.60. The van der Waals surface area contributed by atoms with Crippen LogP contribution in [0.5, 0.6) is 0 Å². The minimum absolute atomic E-state index is 0.0757. The van der Waals surface area contributed by atoms with Gasteiger partial charge < -0.3 is 0 Å². The van der Waals surface area contributed by atoms with Gasteiger partial charge in [0.2, 0.25) is 5.69 Å². The molecule has 1 aromatic heterocycles. The number of aromatic nitrogens is 1. The zero-order valence-corrected chi connectivity index (χ0v) is 19.3. The molecule has 4 aliphatic carbocycles. The lowest BCUT2D eigenvalue weighted by atomic mass is 9.48. The number of aryl methyl sites for hydroxylation is 2. The third kappa shape index (κ3) is 2.83. The molecule has 0 atom stereocenters. The van der Waals surface area contributed by atoms with Gasteiger partial charge in [-0.3, -0.25) is 0 Å². The third-order valence-electron chi connectivity index (χ3n) is 9.05. The van der Waals surface area contributed by atoms with Gasteiger partial charge in [-0.1, -0.05) is 12.1 Å². The molecule has 31 heavy (non-hydrogen) atoms. The summed E-state index contributed by atoms with van der Waals surface area (Å²) in [6.45, 7) is 5.83. The molecule has 2 heteroatoms. The van der Waals surface area contributed by atoms with E-state index in [0.717, 1.165) is 40.0 Å². The van der Waals surface area contributed by atoms with Crippen LogP contribution in [-0.4, -0.2) is 0 Å². The Kier molecular flexibility index (Phi) is 4.17. The van der Waals surface area contributed by atoms with Crippen molar-refractivity contribution in [2.75, 3.05) is 0 Å². The standard InChI is InChI=1S/C29H33FN/c1-17-9-26(18(2)19(3)27(17)30)28-25-6-5-24(13-23(25)7-8-31(28)4)29-14-20-10-21(15-29)12-22(11-20)16-29/h5-9,13,20-22H,10-12,14-16H2,1-4H3/q+1. The summed E-state index contributed by atoms with van der Waals surface area (Å²) in [5, 5.41) is 2.59. The van der Waals surface area contributed by atoms with Crippen LogP contribution < -0.4 is 4.57 Å². The number of fused-ring (bicyclic) bond motifs is 1. The number of hydrogen-bond acceptors (Lipinski definition) is 0. The summed E-state index contributed by atoms with van der Waals surface area (Å²) in [6, 6.07) is 11.6. The fraction of sp³-hybridized carbons (Fsp3) is 0.483. The van der Waals surface area contributed by atoms with Crippen LogP contribution >= 0.6 is 0 Å². The molecule has 1 nitrogen and oxygen atoms in total. The molecule has 0 aliphatic heterocycles. The number of rotatable bonds is 2. The topological polar surface area (TPSA) is 3.88 Å². The Hall–Kier alpha value is -2.22. The Morgan fingerprint density at radius 2 is 1.52 bits per heavy atom. The highest BCUT2D eigenvalue weighted by molar-refractivity contribution is 5.94. The maximum absolute atomic E-state index is 14.5. The van der Waals surface area contributed by atoms with Gasteiger partial charge in [0.25, 0.3) is 0 Å². The smallest absolute Gasteiger partial charge is 0.206 e. The molecule has 7 rings (SSSR count). The fourth-order valence-electron chi connectivity index (χ4n) is 7.80. The van der Waals surface area contributed by atoms with E-state index in [9.17, 15) is 4.39 Å². The second-order valence-electron chi connectivity index (χ2n) is 11.1. The molecule has 0 unspecified atom stereocenters. The average molecular weight is 415 g/mol. The van der Waals surface area contributed by atoms with E-state index in [1.54, 1.807) is 5.56 Å². The summed E-state index contributed by atoms with van der Waals surface area (Å²) in [5.74, 6) is 2.80. The van der Waals surface area contributed by atoms with Crippen LogP contribution in [0.4, 0.5) is 4.39 Å². The van der Waals surface area contributed by atoms with Gasteiger partial charge in [-0.2, -0.15) is 0 Å². The average Bonchev–Trinajstić information content (AvgIpc) is 2.74. The molecule has 0 N–H and O–H groups in total. The van der Waals surface area contributed by atoms with Crippen LogP contribution in [0.3, 0.4) is 0 Å². The first-order valence-electron chi connectivity index (χ1n) is 12.0. The molecule has 0 saturated heterocycles. The van der Waals surface area contributed by atoms with Gasteiger partial charge in [0.1, 0.15) is 12.9 Å². The van der Waals surface area contributed by atoms with E-state index in [4.69, 9.17) is 0 Å². The largest absolute Gasteiger partial charge is 0.220 e. The molecule has 0 radical (unpaired) electrons. The summed E-state index contributed by atoms with van der Waals surface area (Å²) < 4.78 is 16.7. The molecule has 4 bridgehead atoms. The molecule has 160 valence electrons. The third-order valence-corrected chi connectivity index (χ3v) is 9.05. The minimum atomic E-state index is -0.0757. The van der Waals surface area contributed by atoms with Gasteiger partial charge in [0.15, 0.2) is 6.20 Å². The summed E-state index contributed by atoms with van der Waals surface area (Å²) in [7, 11) is 2.11. The van der Waals surface area contributed by atoms with Crippen molar-refractivity contribution in [3.8, 4) is 11.3 Å². The van der Waals surface area contributed by atoms with E-state index in [1.807, 2.05) is 19.9 Å². The first kappa shape index (κ1) is 19.5. The van der Waals surface area contributed by atoms with Crippen molar-refractivity contribution in [3.05, 3.63) is 64.6 Å². The van der Waals surface area contributed by atoms with Crippen LogP contribution in [0, 0.1) is 44.3 Å². The molecule has 4 fully saturated rings. The minimum Gasteiger partial charge on any atom is -0.206 e. The van der Waals surface area contributed by atoms with E-state index < -0.39 is 0 Å². The summed E-state index contributed by atoms with van der Waals surface area (Å²) in [6.07, 6.45) is 10.8. The highest BCUT2D eigenvalue weighted by Gasteiger charge is 2.51. The van der Waals surface area contributed by atoms with Crippen LogP contribution in [0.25, 0.3) is 22.0 Å². The Morgan fingerprint density at radius 1 is 0.871 bits per heavy atom. The maximum Gasteiger partial charge on any atom is 0.220 e. The highest BCUT2D eigenvalue weighted by atomic mass is 19.1. The predicted molar refractivity (Wildman–Crippen MR) is 125 cm³/mol. The lowest BCUT2D eigenvalue weighted by Crippen LogP contribution is -2.48. The SMILES string of the molecule is Cc1cc(-c2c3ccc(C45CC6CC(CC(C6)C4)C5)cc3cc[n+]2C)c(C)c(C)c1F. The van der Waals surface area contributed by atoms with Gasteiger partial charge in [0.05, 0.1) is 10.9 Å². The van der Waals surface area contributed by atoms with Gasteiger partial charge in [0, 0.05) is 6.07 Å². The van der Waals surface area contributed by atoms with Crippen molar-refractivity contribution in [2.45, 2.75) is 64.7 Å². The molecule has 2 aromatic carbocycles. The van der Waals surface area contributed by atoms with Gasteiger partial charge >= 0.3 is 0 Å². The molecule has 4 saturated carbocycles. The number of nitrogens with zero attached hydrogens (tertiary/aromatic N) is 1. The van der Waals surface area contributed by atoms with Crippen molar-refractivity contribution in [2.24, 2.45) is 24.8 Å². The van der Waals surface area contributed by atoms with Crippen LogP contribution in [-0.2, 0) is 12.5 Å². The number of halogens is 1. The van der Waals surface area contributed by atoms with Crippen molar-refractivity contribution in [1.82, 2.24) is 0 Å². The normalized spacial score (nSPS) is 29.1. The van der Waals surface area contributed by atoms with Crippen LogP contribution in [0.1, 0.15) is 60.8 Å². The first-order chi connectivity index (χ1) is 14.8. The Bertz CT molecular complexity index is 1190. The molecule has 0 amide bonds. The molecule has 1 heterocycles. The summed E-state index contributed by atoms with van der Waals surface area (Å²) in [4.78, 5) is 0. The van der Waals surface area contributed by atoms with Crippen molar-refractivity contribution < 1.29 is 8.96 Å². The number of benzene rings is 2. The van der Waals surface area contributed by atoms with Gasteiger partial charge in [-0.05, 0) is 122 Å². The lowest BCUT2D eigenvalue weighted by molar-refractivity contribution is -0.659. The molecule has 0 spiro atoms. The monoisotopic (exact) mass is 414 g/mol. The number of pyridine rings is 1. The Labute approximate surface area is 185 Å². The number of hydrogen-bond donors (Lipinski definition) is 0. The second kappa shape index (κ2) is 6.64. The molecule has 3 aromatic rings. The van der Waals surface area contributed by atoms with Crippen LogP contribution in [0.15, 0.2) is 36.5 Å². The molecular formula is C29H33FN+. The summed E-state index contributed by atoms with van der Waals surface area (Å²) >= 11 is 0. The van der Waals surface area contributed by atoms with E-state index in [0.29, 0.717) is 5.41 Å². The van der Waals surface area contributed by atoms with Gasteiger partial charge in [-0.15, -0.1) is 0 Å². The van der Waals surface area contributed by atoms with E-state index in [1.165, 1.54) is 55.0 Å². The Balaban J connectivity index is 1.51. The first-order valence-corrected chi connectivity index (χ1v) is 12.0. The fourth-order valence-corrected chi connectivity index (χ4v) is 7.80. The van der Waals surface area contributed by atoms with Crippen molar-refractivity contribution in [3.63, 3.8) is 0 Å². The lowest BCUT2D eigenvalue weighted by Gasteiger charge is -2.57. The predicted octanol–water partition coefficient (Wildman–Crippen LogP) is 6.86. The van der Waals surface area contributed by atoms with Crippen molar-refractivity contribution >= 4 is 10.8 Å². The zero-order chi connectivity index (χ0) is 21.5. The molecular weight excluding hydrogens is 381 g/mol. The zero-order valence-electron chi connectivity index (χ0n) is 19.3. The Morgan fingerprint density at radius 3 is 2.16 bits per heavy atom. The van der Waals surface area contributed by atoms with E-state index >= 15 is 0 Å².